The Bertz CT molecular complexity index is 829. The Kier molecular flexibility index (Phi) is 6.43. The van der Waals surface area contributed by atoms with Crippen LogP contribution in [-0.2, 0) is 6.18 Å². The molecular weight excluding hydrogens is 385 g/mol. The van der Waals surface area contributed by atoms with Crippen LogP contribution in [0.3, 0.4) is 0 Å². The highest BCUT2D eigenvalue weighted by molar-refractivity contribution is 6.33. The van der Waals surface area contributed by atoms with Gasteiger partial charge in [-0.05, 0) is 37.3 Å². The van der Waals surface area contributed by atoms with Crippen LogP contribution in [0.5, 0.6) is 17.2 Å². The lowest BCUT2D eigenvalue weighted by Crippen LogP contribution is -2.06. The zero-order chi connectivity index (χ0) is 20.2. The molecule has 2 aromatic rings. The molecule has 0 saturated carbocycles. The van der Waals surface area contributed by atoms with Crippen molar-refractivity contribution in [3.8, 4) is 17.2 Å². The number of hydrogen-bond acceptors (Lipinski definition) is 5. The van der Waals surface area contributed by atoms with Crippen LogP contribution in [0.15, 0.2) is 35.4 Å². The van der Waals surface area contributed by atoms with Crippen molar-refractivity contribution in [1.29, 1.82) is 0 Å². The molecule has 0 amide bonds. The van der Waals surface area contributed by atoms with Gasteiger partial charge in [0.05, 0.1) is 43.3 Å². The van der Waals surface area contributed by atoms with Crippen LogP contribution in [0, 0.1) is 0 Å². The van der Waals surface area contributed by atoms with Gasteiger partial charge in [0.25, 0.3) is 0 Å². The number of hydrazone groups is 1. The molecule has 2 rings (SSSR count). The molecule has 0 heterocycles. The summed E-state index contributed by atoms with van der Waals surface area (Å²) in [7, 11) is 4.45. The van der Waals surface area contributed by atoms with E-state index in [2.05, 4.69) is 10.5 Å². The lowest BCUT2D eigenvalue weighted by Gasteiger charge is -2.14. The van der Waals surface area contributed by atoms with Crippen LogP contribution in [-0.4, -0.2) is 27.0 Å². The molecule has 0 aliphatic carbocycles. The predicted molar refractivity (Wildman–Crippen MR) is 98.4 cm³/mol. The molecule has 0 saturated heterocycles. The summed E-state index contributed by atoms with van der Waals surface area (Å²) in [4.78, 5) is 0. The van der Waals surface area contributed by atoms with Gasteiger partial charge in [0.1, 0.15) is 0 Å². The molecule has 0 unspecified atom stereocenters. The number of anilines is 1. The maximum absolute atomic E-state index is 12.9. The molecule has 1 N–H and O–H groups in total. The molecule has 0 aliphatic rings. The van der Waals surface area contributed by atoms with Gasteiger partial charge in [-0.25, -0.2) is 0 Å². The van der Waals surface area contributed by atoms with Crippen LogP contribution in [0.25, 0.3) is 0 Å². The van der Waals surface area contributed by atoms with E-state index in [0.717, 1.165) is 18.2 Å². The van der Waals surface area contributed by atoms with Crippen molar-refractivity contribution < 1.29 is 27.4 Å². The fourth-order valence-corrected chi connectivity index (χ4v) is 2.45. The van der Waals surface area contributed by atoms with E-state index in [9.17, 15) is 13.2 Å². The number of halogens is 4. The number of ether oxygens (including phenoxy) is 3. The Balaban J connectivity index is 2.36. The summed E-state index contributed by atoms with van der Waals surface area (Å²) in [6, 6.07) is 6.32. The van der Waals surface area contributed by atoms with Gasteiger partial charge in [-0.3, -0.25) is 5.43 Å². The molecule has 0 aromatic heterocycles. The minimum atomic E-state index is -4.48. The average Bonchev–Trinajstić information content (AvgIpc) is 2.64. The van der Waals surface area contributed by atoms with Gasteiger partial charge in [0, 0.05) is 5.56 Å². The number of alkyl halides is 3. The lowest BCUT2D eigenvalue weighted by atomic mass is 10.1. The molecule has 0 aliphatic heterocycles. The Labute approximate surface area is 159 Å². The maximum Gasteiger partial charge on any atom is 0.416 e. The topological polar surface area (TPSA) is 52.1 Å². The summed E-state index contributed by atoms with van der Waals surface area (Å²) in [5.74, 6) is 1.28. The van der Waals surface area contributed by atoms with Crippen molar-refractivity contribution in [2.75, 3.05) is 26.8 Å². The number of hydrogen-bond donors (Lipinski definition) is 1. The minimum absolute atomic E-state index is 0.0401. The number of benzene rings is 2. The van der Waals surface area contributed by atoms with Crippen LogP contribution in [0.2, 0.25) is 5.02 Å². The minimum Gasteiger partial charge on any atom is -0.493 e. The largest absolute Gasteiger partial charge is 0.493 e. The van der Waals surface area contributed by atoms with E-state index < -0.39 is 11.7 Å². The van der Waals surface area contributed by atoms with Crippen molar-refractivity contribution in [3.05, 3.63) is 46.5 Å². The second-order valence-corrected chi connectivity index (χ2v) is 5.82. The number of nitrogens with one attached hydrogen (secondary N) is 1. The molecule has 9 heteroatoms. The van der Waals surface area contributed by atoms with Crippen LogP contribution in [0.4, 0.5) is 18.9 Å². The third-order valence-electron chi connectivity index (χ3n) is 3.72. The smallest absolute Gasteiger partial charge is 0.416 e. The Morgan fingerprint density at radius 2 is 1.59 bits per heavy atom. The molecule has 5 nitrogen and oxygen atoms in total. The van der Waals surface area contributed by atoms with Gasteiger partial charge in [-0.15, -0.1) is 0 Å². The summed E-state index contributed by atoms with van der Waals surface area (Å²) in [5, 5.41) is 4.23. The van der Waals surface area contributed by atoms with Gasteiger partial charge < -0.3 is 14.2 Å². The zero-order valence-corrected chi connectivity index (χ0v) is 15.8. The van der Waals surface area contributed by atoms with Gasteiger partial charge in [-0.2, -0.15) is 18.3 Å². The Hall–Kier alpha value is -2.61. The molecular formula is C18H18ClF3N2O3. The highest BCUT2D eigenvalue weighted by Gasteiger charge is 2.31. The molecule has 0 spiro atoms. The molecule has 0 bridgehead atoms. The highest BCUT2D eigenvalue weighted by atomic mass is 35.5. The van der Waals surface area contributed by atoms with Crippen molar-refractivity contribution in [2.24, 2.45) is 5.10 Å². The van der Waals surface area contributed by atoms with Crippen LogP contribution < -0.4 is 19.6 Å². The summed E-state index contributed by atoms with van der Waals surface area (Å²) >= 11 is 5.96. The van der Waals surface area contributed by atoms with Crippen LogP contribution in [0.1, 0.15) is 18.1 Å². The van der Waals surface area contributed by atoms with Gasteiger partial charge in [-0.1, -0.05) is 11.6 Å². The second kappa shape index (κ2) is 8.39. The van der Waals surface area contributed by atoms with Gasteiger partial charge in [0.15, 0.2) is 11.5 Å². The average molecular weight is 403 g/mol. The van der Waals surface area contributed by atoms with Crippen molar-refractivity contribution in [3.63, 3.8) is 0 Å². The van der Waals surface area contributed by atoms with E-state index in [1.807, 2.05) is 0 Å². The zero-order valence-electron chi connectivity index (χ0n) is 15.1. The predicted octanol–water partition coefficient (Wildman–Crippen LogP) is 5.22. The first kappa shape index (κ1) is 20.7. The first-order valence-corrected chi connectivity index (χ1v) is 8.06. The van der Waals surface area contributed by atoms with Gasteiger partial charge >= 0.3 is 6.18 Å². The molecule has 0 atom stereocenters. The molecule has 0 fully saturated rings. The van der Waals surface area contributed by atoms with E-state index in [4.69, 9.17) is 25.8 Å². The molecule has 0 radical (unpaired) electrons. The first-order valence-electron chi connectivity index (χ1n) is 7.68. The SMILES string of the molecule is COc1cc(/C(C)=N\Nc2cc(C(F)(F)F)ccc2Cl)cc(OC)c1OC. The quantitative estimate of drug-likeness (QED) is 0.531. The van der Waals surface area contributed by atoms with Crippen molar-refractivity contribution in [2.45, 2.75) is 13.1 Å². The lowest BCUT2D eigenvalue weighted by molar-refractivity contribution is -0.137. The highest BCUT2D eigenvalue weighted by Crippen LogP contribution is 2.38. The van der Waals surface area contributed by atoms with Gasteiger partial charge in [0.2, 0.25) is 5.75 Å². The fourth-order valence-electron chi connectivity index (χ4n) is 2.29. The fraction of sp³-hybridized carbons (Fsp3) is 0.278. The van der Waals surface area contributed by atoms with Crippen LogP contribution >= 0.6 is 11.6 Å². The van der Waals surface area contributed by atoms with E-state index in [-0.39, 0.29) is 10.7 Å². The monoisotopic (exact) mass is 402 g/mol. The third-order valence-corrected chi connectivity index (χ3v) is 4.05. The normalized spacial score (nSPS) is 11.9. The Morgan fingerprint density at radius 3 is 2.07 bits per heavy atom. The summed E-state index contributed by atoms with van der Waals surface area (Å²) in [6.07, 6.45) is -4.48. The number of methoxy groups -OCH3 is 3. The van der Waals surface area contributed by atoms with E-state index in [1.165, 1.54) is 21.3 Å². The van der Waals surface area contributed by atoms with E-state index >= 15 is 0 Å². The molecule has 27 heavy (non-hydrogen) atoms. The van der Waals surface area contributed by atoms with Crippen molar-refractivity contribution in [1.82, 2.24) is 0 Å². The second-order valence-electron chi connectivity index (χ2n) is 5.42. The van der Waals surface area contributed by atoms with E-state index in [1.54, 1.807) is 19.1 Å². The summed E-state index contributed by atoms with van der Waals surface area (Å²) in [6.45, 7) is 1.68. The number of rotatable bonds is 6. The Morgan fingerprint density at radius 1 is 1.00 bits per heavy atom. The molecule has 146 valence electrons. The third kappa shape index (κ3) is 4.77. The summed E-state index contributed by atoms with van der Waals surface area (Å²) in [5.41, 5.74) is 2.89. The first-order chi connectivity index (χ1) is 12.7. The number of nitrogens with zero attached hydrogens (tertiary/aromatic N) is 1. The van der Waals surface area contributed by atoms with Crippen molar-refractivity contribution >= 4 is 23.0 Å². The summed E-state index contributed by atoms with van der Waals surface area (Å²) < 4.78 is 54.4. The molecule has 2 aromatic carbocycles. The maximum atomic E-state index is 12.9. The standard InChI is InChI=1S/C18H18ClF3N2O3/c1-10(11-7-15(25-2)17(27-4)16(8-11)26-3)23-24-14-9-12(18(20,21)22)5-6-13(14)19/h5-9,24H,1-4H3/b23-10-. The van der Waals surface area contributed by atoms with E-state index in [0.29, 0.717) is 28.5 Å².